The third-order valence-electron chi connectivity index (χ3n) is 2.39. The number of methoxy groups -OCH3 is 1. The number of carbonyl (C=O) groups excluding carboxylic acids is 1. The lowest BCUT2D eigenvalue weighted by Crippen LogP contribution is -2.32. The third-order valence-corrected chi connectivity index (χ3v) is 3.22. The van der Waals surface area contributed by atoms with E-state index >= 15 is 0 Å². The van der Waals surface area contributed by atoms with Gasteiger partial charge in [0.15, 0.2) is 11.5 Å². The highest BCUT2D eigenvalue weighted by Crippen LogP contribution is 2.36. The van der Waals surface area contributed by atoms with Gasteiger partial charge in [-0.1, -0.05) is 12.2 Å². The Morgan fingerprint density at radius 1 is 1.43 bits per heavy atom. The summed E-state index contributed by atoms with van der Waals surface area (Å²) in [5.74, 6) is 0.436. The largest absolute Gasteiger partial charge is 0.503 e. The van der Waals surface area contributed by atoms with Gasteiger partial charge in [-0.15, -0.1) is 0 Å². The Morgan fingerprint density at radius 3 is 2.67 bits per heavy atom. The number of carbonyl (C=O) groups is 1. The van der Waals surface area contributed by atoms with Crippen LogP contribution >= 0.6 is 15.9 Å². The van der Waals surface area contributed by atoms with Gasteiger partial charge < -0.3 is 19.9 Å². The second-order valence-corrected chi connectivity index (χ2v) is 6.10. The summed E-state index contributed by atoms with van der Waals surface area (Å²) >= 11 is 3.30. The first-order valence-electron chi connectivity index (χ1n) is 6.43. The van der Waals surface area contributed by atoms with E-state index in [9.17, 15) is 9.90 Å². The van der Waals surface area contributed by atoms with Crippen molar-refractivity contribution in [1.29, 1.82) is 0 Å². The topological polar surface area (TPSA) is 67.8 Å². The Morgan fingerprint density at radius 2 is 2.10 bits per heavy atom. The molecule has 1 aromatic carbocycles. The molecule has 0 aliphatic heterocycles. The molecule has 0 unspecified atom stereocenters. The average Bonchev–Trinajstić information content (AvgIpc) is 2.37. The van der Waals surface area contributed by atoms with E-state index in [2.05, 4.69) is 21.2 Å². The molecule has 116 valence electrons. The number of ether oxygens (including phenoxy) is 2. The van der Waals surface area contributed by atoms with Gasteiger partial charge in [-0.2, -0.15) is 0 Å². The minimum absolute atomic E-state index is 0.0414. The van der Waals surface area contributed by atoms with Crippen molar-refractivity contribution in [2.75, 3.05) is 13.7 Å². The van der Waals surface area contributed by atoms with Crippen molar-refractivity contribution in [2.24, 2.45) is 0 Å². The maximum atomic E-state index is 11.4. The molecule has 2 N–H and O–H groups in total. The Kier molecular flexibility index (Phi) is 6.08. The van der Waals surface area contributed by atoms with Gasteiger partial charge in [0.25, 0.3) is 0 Å². The molecule has 0 radical (unpaired) electrons. The van der Waals surface area contributed by atoms with Crippen LogP contribution in [0, 0.1) is 0 Å². The lowest BCUT2D eigenvalue weighted by atomic mass is 10.2. The zero-order valence-corrected chi connectivity index (χ0v) is 14.2. The van der Waals surface area contributed by atoms with Crippen LogP contribution in [0.5, 0.6) is 11.5 Å². The van der Waals surface area contributed by atoms with Gasteiger partial charge in [-0.25, -0.2) is 4.79 Å². The Labute approximate surface area is 133 Å². The van der Waals surface area contributed by atoms with E-state index in [0.717, 1.165) is 5.56 Å². The minimum Gasteiger partial charge on any atom is -0.503 e. The van der Waals surface area contributed by atoms with Crippen molar-refractivity contribution in [3.8, 4) is 11.5 Å². The quantitative estimate of drug-likeness (QED) is 0.861. The van der Waals surface area contributed by atoms with Gasteiger partial charge in [-0.05, 0) is 54.4 Å². The second kappa shape index (κ2) is 7.36. The molecule has 0 spiro atoms. The normalized spacial score (nSPS) is 11.5. The summed E-state index contributed by atoms with van der Waals surface area (Å²) in [6.07, 6.45) is 3.07. The molecule has 0 saturated carbocycles. The SMILES string of the molecule is COc1ccc(C=CCNC(=O)OC(C)(C)C)c(Br)c1O. The first kappa shape index (κ1) is 17.4. The van der Waals surface area contributed by atoms with Gasteiger partial charge in [0.05, 0.1) is 11.6 Å². The molecule has 5 nitrogen and oxygen atoms in total. The van der Waals surface area contributed by atoms with Crippen molar-refractivity contribution < 1.29 is 19.4 Å². The molecule has 1 aromatic rings. The lowest BCUT2D eigenvalue weighted by molar-refractivity contribution is 0.0534. The smallest absolute Gasteiger partial charge is 0.407 e. The zero-order chi connectivity index (χ0) is 16.0. The third kappa shape index (κ3) is 5.67. The summed E-state index contributed by atoms with van der Waals surface area (Å²) in [6, 6.07) is 3.47. The molecule has 0 aliphatic carbocycles. The fraction of sp³-hybridized carbons (Fsp3) is 0.400. The number of halogens is 1. The van der Waals surface area contributed by atoms with E-state index in [0.29, 0.717) is 16.8 Å². The molecule has 0 aromatic heterocycles. The van der Waals surface area contributed by atoms with Crippen molar-refractivity contribution >= 4 is 28.1 Å². The number of rotatable bonds is 4. The van der Waals surface area contributed by atoms with Crippen LogP contribution in [0.3, 0.4) is 0 Å². The van der Waals surface area contributed by atoms with Crippen LogP contribution in [0.15, 0.2) is 22.7 Å². The van der Waals surface area contributed by atoms with Gasteiger partial charge in [-0.3, -0.25) is 0 Å². The molecule has 21 heavy (non-hydrogen) atoms. The number of hydrogen-bond acceptors (Lipinski definition) is 4. The van der Waals surface area contributed by atoms with Crippen molar-refractivity contribution in [3.63, 3.8) is 0 Å². The number of nitrogens with one attached hydrogen (secondary N) is 1. The molecule has 0 saturated heterocycles. The average molecular weight is 358 g/mol. The van der Waals surface area contributed by atoms with Crippen LogP contribution in [-0.2, 0) is 4.74 Å². The number of hydrogen-bond donors (Lipinski definition) is 2. The van der Waals surface area contributed by atoms with Crippen molar-refractivity contribution in [3.05, 3.63) is 28.2 Å². The van der Waals surface area contributed by atoms with E-state index in [1.807, 2.05) is 0 Å². The van der Waals surface area contributed by atoms with Gasteiger partial charge in [0, 0.05) is 6.54 Å². The number of phenols is 1. The molecule has 0 bridgehead atoms. The summed E-state index contributed by atoms with van der Waals surface area (Å²) in [5, 5.41) is 12.5. The molecular formula is C15H20BrNO4. The van der Waals surface area contributed by atoms with E-state index in [1.54, 1.807) is 45.1 Å². The van der Waals surface area contributed by atoms with Crippen LogP contribution < -0.4 is 10.1 Å². The first-order valence-corrected chi connectivity index (χ1v) is 7.22. The molecular weight excluding hydrogens is 338 g/mol. The summed E-state index contributed by atoms with van der Waals surface area (Å²) in [4.78, 5) is 11.4. The highest BCUT2D eigenvalue weighted by molar-refractivity contribution is 9.10. The zero-order valence-electron chi connectivity index (χ0n) is 12.6. The molecule has 0 atom stereocenters. The number of amides is 1. The predicted octanol–water partition coefficient (Wildman–Crippen LogP) is 3.70. The molecule has 1 rings (SSSR count). The Bertz CT molecular complexity index is 535. The van der Waals surface area contributed by atoms with Gasteiger partial charge >= 0.3 is 6.09 Å². The summed E-state index contributed by atoms with van der Waals surface area (Å²) in [6.45, 7) is 5.74. The highest BCUT2D eigenvalue weighted by atomic mass is 79.9. The van der Waals surface area contributed by atoms with Crippen LogP contribution in [-0.4, -0.2) is 30.5 Å². The van der Waals surface area contributed by atoms with E-state index in [1.165, 1.54) is 7.11 Å². The molecule has 0 fully saturated rings. The van der Waals surface area contributed by atoms with Crippen molar-refractivity contribution in [1.82, 2.24) is 5.32 Å². The van der Waals surface area contributed by atoms with E-state index in [4.69, 9.17) is 9.47 Å². The van der Waals surface area contributed by atoms with Gasteiger partial charge in [0.2, 0.25) is 0 Å². The van der Waals surface area contributed by atoms with E-state index < -0.39 is 11.7 Å². The molecule has 1 amide bonds. The molecule has 0 heterocycles. The fourth-order valence-corrected chi connectivity index (χ4v) is 1.96. The van der Waals surface area contributed by atoms with Crippen LogP contribution in [0.25, 0.3) is 6.08 Å². The highest BCUT2D eigenvalue weighted by Gasteiger charge is 2.15. The second-order valence-electron chi connectivity index (χ2n) is 5.30. The standard InChI is InChI=1S/C15H20BrNO4/c1-15(2,3)21-14(19)17-9-5-6-10-7-8-11(20-4)13(18)12(10)16/h5-8,18H,9H2,1-4H3,(H,17,19). The van der Waals surface area contributed by atoms with E-state index in [-0.39, 0.29) is 5.75 Å². The maximum absolute atomic E-state index is 11.4. The maximum Gasteiger partial charge on any atom is 0.407 e. The van der Waals surface area contributed by atoms with Crippen LogP contribution in [0.4, 0.5) is 4.79 Å². The fourth-order valence-electron chi connectivity index (χ4n) is 1.50. The van der Waals surface area contributed by atoms with Gasteiger partial charge in [0.1, 0.15) is 5.60 Å². The summed E-state index contributed by atoms with van der Waals surface area (Å²) < 4.78 is 10.7. The monoisotopic (exact) mass is 357 g/mol. The first-order chi connectivity index (χ1) is 9.74. The molecule has 6 heteroatoms. The summed E-state index contributed by atoms with van der Waals surface area (Å²) in [5.41, 5.74) is 0.262. The Balaban J connectivity index is 2.59. The number of alkyl carbamates (subject to hydrolysis) is 1. The minimum atomic E-state index is -0.515. The summed E-state index contributed by atoms with van der Waals surface area (Å²) in [7, 11) is 1.49. The molecule has 0 aliphatic rings. The van der Waals surface area contributed by atoms with Crippen LogP contribution in [0.2, 0.25) is 0 Å². The number of phenolic OH excluding ortho intramolecular Hbond substituents is 1. The van der Waals surface area contributed by atoms with Crippen LogP contribution in [0.1, 0.15) is 26.3 Å². The van der Waals surface area contributed by atoms with Crippen molar-refractivity contribution in [2.45, 2.75) is 26.4 Å². The lowest BCUT2D eigenvalue weighted by Gasteiger charge is -2.19. The number of aromatic hydroxyl groups is 1. The Hall–Kier alpha value is -1.69. The predicted molar refractivity (Wildman–Crippen MR) is 85.6 cm³/mol. The number of benzene rings is 1.